The average Bonchev–Trinajstić information content (AvgIpc) is 3.15. The maximum atomic E-state index is 12.4. The number of nitro groups is 1. The number of amides is 1. The van der Waals surface area contributed by atoms with Gasteiger partial charge in [0.15, 0.2) is 5.82 Å². The summed E-state index contributed by atoms with van der Waals surface area (Å²) in [6, 6.07) is 9.50. The van der Waals surface area contributed by atoms with Crippen molar-refractivity contribution >= 4 is 23.1 Å². The van der Waals surface area contributed by atoms with E-state index < -0.39 is 4.92 Å². The third-order valence-corrected chi connectivity index (χ3v) is 4.28. The molecule has 1 N–H and O–H groups in total. The van der Waals surface area contributed by atoms with Crippen molar-refractivity contribution in [3.8, 4) is 5.82 Å². The van der Waals surface area contributed by atoms with E-state index in [1.165, 1.54) is 18.5 Å². The van der Waals surface area contributed by atoms with Gasteiger partial charge in [-0.15, -0.1) is 0 Å². The third kappa shape index (κ3) is 3.45. The van der Waals surface area contributed by atoms with E-state index in [-0.39, 0.29) is 17.5 Å². The summed E-state index contributed by atoms with van der Waals surface area (Å²) in [6.07, 6.45) is 4.92. The number of nitro benzene ring substituents is 1. The lowest BCUT2D eigenvalue weighted by atomic mass is 9.99. The fraction of sp³-hybridized carbons (Fsp3) is 0.176. The average molecular weight is 365 g/mol. The van der Waals surface area contributed by atoms with Gasteiger partial charge in [-0.25, -0.2) is 14.6 Å². The van der Waals surface area contributed by atoms with Gasteiger partial charge < -0.3 is 10.2 Å². The van der Waals surface area contributed by atoms with Crippen molar-refractivity contribution < 1.29 is 9.72 Å². The number of nitrogens with one attached hydrogen (secondary N) is 1. The molecule has 3 heterocycles. The highest BCUT2D eigenvalue weighted by molar-refractivity contribution is 5.94. The van der Waals surface area contributed by atoms with E-state index >= 15 is 0 Å². The molecule has 1 aliphatic rings. The summed E-state index contributed by atoms with van der Waals surface area (Å²) in [6.45, 7) is 1.02. The summed E-state index contributed by atoms with van der Waals surface area (Å²) >= 11 is 0. The van der Waals surface area contributed by atoms with Gasteiger partial charge in [-0.2, -0.15) is 5.10 Å². The molecule has 0 bridgehead atoms. The van der Waals surface area contributed by atoms with Crippen LogP contribution < -0.4 is 10.2 Å². The molecule has 0 spiro atoms. The number of anilines is 2. The van der Waals surface area contributed by atoms with Crippen molar-refractivity contribution in [2.75, 3.05) is 23.3 Å². The second-order valence-electron chi connectivity index (χ2n) is 6.08. The molecule has 10 heteroatoms. The minimum absolute atomic E-state index is 0.0600. The lowest BCUT2D eigenvalue weighted by molar-refractivity contribution is -0.384. The Morgan fingerprint density at radius 3 is 2.74 bits per heavy atom. The molecule has 136 valence electrons. The van der Waals surface area contributed by atoms with Gasteiger partial charge >= 0.3 is 0 Å². The highest BCUT2D eigenvalue weighted by Gasteiger charge is 2.33. The van der Waals surface area contributed by atoms with Gasteiger partial charge in [-0.1, -0.05) is 6.07 Å². The van der Waals surface area contributed by atoms with Crippen molar-refractivity contribution in [1.82, 2.24) is 19.7 Å². The van der Waals surface area contributed by atoms with Crippen LogP contribution in [-0.4, -0.2) is 43.7 Å². The zero-order valence-corrected chi connectivity index (χ0v) is 14.1. The molecule has 10 nitrogen and oxygen atoms in total. The third-order valence-electron chi connectivity index (χ3n) is 4.28. The smallest absolute Gasteiger partial charge is 0.271 e. The van der Waals surface area contributed by atoms with E-state index in [9.17, 15) is 14.9 Å². The number of carbonyl (C=O) groups excluding carboxylic acids is 1. The van der Waals surface area contributed by atoms with E-state index in [1.807, 2.05) is 11.0 Å². The minimum atomic E-state index is -0.493. The predicted molar refractivity (Wildman–Crippen MR) is 96.6 cm³/mol. The summed E-state index contributed by atoms with van der Waals surface area (Å²) in [7, 11) is 0. The molecule has 2 aromatic heterocycles. The molecule has 27 heavy (non-hydrogen) atoms. The van der Waals surface area contributed by atoms with Crippen LogP contribution in [0.4, 0.5) is 17.2 Å². The normalized spacial score (nSPS) is 13.9. The largest absolute Gasteiger partial charge is 0.355 e. The highest BCUT2D eigenvalue weighted by Crippen LogP contribution is 2.25. The van der Waals surface area contributed by atoms with E-state index in [0.29, 0.717) is 24.6 Å². The van der Waals surface area contributed by atoms with Crippen LogP contribution in [0.5, 0.6) is 0 Å². The first-order valence-corrected chi connectivity index (χ1v) is 8.22. The first kappa shape index (κ1) is 16.6. The molecule has 1 saturated heterocycles. The van der Waals surface area contributed by atoms with Crippen LogP contribution in [0.1, 0.15) is 0 Å². The number of nitrogens with zero attached hydrogens (tertiary/aromatic N) is 6. The van der Waals surface area contributed by atoms with Crippen LogP contribution in [0, 0.1) is 16.0 Å². The Kier molecular flexibility index (Phi) is 4.21. The second-order valence-corrected chi connectivity index (χ2v) is 6.08. The van der Waals surface area contributed by atoms with Gasteiger partial charge in [0, 0.05) is 49.4 Å². The lowest BCUT2D eigenvalue weighted by Crippen LogP contribution is -2.52. The van der Waals surface area contributed by atoms with E-state index in [4.69, 9.17) is 0 Å². The fourth-order valence-corrected chi connectivity index (χ4v) is 2.81. The summed E-state index contributed by atoms with van der Waals surface area (Å²) in [5.41, 5.74) is 0.353. The molecular formula is C17H15N7O3. The van der Waals surface area contributed by atoms with E-state index in [1.54, 1.807) is 35.3 Å². The summed E-state index contributed by atoms with van der Waals surface area (Å²) < 4.78 is 1.64. The van der Waals surface area contributed by atoms with Gasteiger partial charge in [-0.3, -0.25) is 14.9 Å². The van der Waals surface area contributed by atoms with Gasteiger partial charge in [0.25, 0.3) is 5.69 Å². The topological polar surface area (TPSA) is 119 Å². The molecule has 3 aromatic rings. The zero-order chi connectivity index (χ0) is 18.8. The summed E-state index contributed by atoms with van der Waals surface area (Å²) in [5.74, 6) is 0.977. The second kappa shape index (κ2) is 6.83. The summed E-state index contributed by atoms with van der Waals surface area (Å²) in [5, 5.41) is 17.7. The molecule has 1 aromatic carbocycles. The highest BCUT2D eigenvalue weighted by atomic mass is 16.6. The Bertz CT molecular complexity index is 984. The molecule has 1 aliphatic heterocycles. The Labute approximate surface area is 153 Å². The van der Waals surface area contributed by atoms with Crippen molar-refractivity contribution in [1.29, 1.82) is 0 Å². The van der Waals surface area contributed by atoms with E-state index in [2.05, 4.69) is 20.4 Å². The van der Waals surface area contributed by atoms with Crippen LogP contribution in [0.3, 0.4) is 0 Å². The number of rotatable bonds is 5. The van der Waals surface area contributed by atoms with Crippen molar-refractivity contribution in [3.63, 3.8) is 0 Å². The molecular weight excluding hydrogens is 350 g/mol. The van der Waals surface area contributed by atoms with Crippen LogP contribution >= 0.6 is 0 Å². The molecule has 4 rings (SSSR count). The molecule has 1 amide bonds. The first-order valence-electron chi connectivity index (χ1n) is 8.22. The maximum Gasteiger partial charge on any atom is 0.271 e. The Hall–Kier alpha value is -3.82. The van der Waals surface area contributed by atoms with Crippen LogP contribution in [0.2, 0.25) is 0 Å². The van der Waals surface area contributed by atoms with Gasteiger partial charge in [0.1, 0.15) is 12.1 Å². The summed E-state index contributed by atoms with van der Waals surface area (Å²) in [4.78, 5) is 33.1. The predicted octanol–water partition coefficient (Wildman–Crippen LogP) is 1.65. The van der Waals surface area contributed by atoms with Gasteiger partial charge in [0.2, 0.25) is 5.91 Å². The monoisotopic (exact) mass is 365 g/mol. The Morgan fingerprint density at radius 1 is 1.19 bits per heavy atom. The number of benzene rings is 1. The molecule has 0 radical (unpaired) electrons. The molecule has 0 unspecified atom stereocenters. The Balaban J connectivity index is 1.38. The number of non-ortho nitro benzene ring substituents is 1. The van der Waals surface area contributed by atoms with Gasteiger partial charge in [0.05, 0.1) is 10.8 Å². The Morgan fingerprint density at radius 2 is 2.00 bits per heavy atom. The van der Waals surface area contributed by atoms with Crippen LogP contribution in [-0.2, 0) is 4.79 Å². The van der Waals surface area contributed by atoms with Gasteiger partial charge in [-0.05, 0) is 12.1 Å². The van der Waals surface area contributed by atoms with Crippen LogP contribution in [0.25, 0.3) is 5.82 Å². The van der Waals surface area contributed by atoms with E-state index in [0.717, 1.165) is 5.82 Å². The van der Waals surface area contributed by atoms with Crippen molar-refractivity contribution in [2.24, 2.45) is 5.92 Å². The molecule has 0 atom stereocenters. The number of aromatic nitrogens is 4. The van der Waals surface area contributed by atoms with Crippen molar-refractivity contribution in [3.05, 3.63) is 65.2 Å². The standard InChI is InChI=1S/C17H15N7O3/c25-17(21-13-3-1-4-14(7-13)24(26)27)12-9-22(10-12)15-8-16(19-11-18-15)23-6-2-5-20-23/h1-8,11-12H,9-10H2,(H,21,25). The molecule has 0 saturated carbocycles. The fourth-order valence-electron chi connectivity index (χ4n) is 2.81. The van der Waals surface area contributed by atoms with Crippen molar-refractivity contribution in [2.45, 2.75) is 0 Å². The molecule has 0 aliphatic carbocycles. The quantitative estimate of drug-likeness (QED) is 0.539. The first-order chi connectivity index (χ1) is 13.1. The lowest BCUT2D eigenvalue weighted by Gasteiger charge is -2.39. The number of hydrogen-bond acceptors (Lipinski definition) is 7. The SMILES string of the molecule is O=C(Nc1cccc([N+](=O)[O-])c1)C1CN(c2cc(-n3cccn3)ncn2)C1. The zero-order valence-electron chi connectivity index (χ0n) is 14.1. The minimum Gasteiger partial charge on any atom is -0.355 e. The van der Waals surface area contributed by atoms with Crippen LogP contribution in [0.15, 0.2) is 55.1 Å². The number of hydrogen-bond donors (Lipinski definition) is 1. The maximum absolute atomic E-state index is 12.4. The molecule has 1 fully saturated rings. The number of carbonyl (C=O) groups is 1.